The van der Waals surface area contributed by atoms with Crippen molar-refractivity contribution in [1.82, 2.24) is 0 Å². The second-order valence-electron chi connectivity index (χ2n) is 2.67. The minimum atomic E-state index is -0.321. The molecule has 0 unspecified atom stereocenters. The van der Waals surface area contributed by atoms with E-state index in [1.54, 1.807) is 6.08 Å². The molecule has 0 saturated carbocycles. The Morgan fingerprint density at radius 3 is 2.92 bits per heavy atom. The molecule has 0 bridgehead atoms. The first-order chi connectivity index (χ1) is 6.18. The first kappa shape index (κ1) is 9.86. The van der Waals surface area contributed by atoms with E-state index in [-0.39, 0.29) is 12.3 Å². The first-order valence-electron chi connectivity index (χ1n) is 3.92. The molecule has 2 nitrogen and oxygen atoms in total. The van der Waals surface area contributed by atoms with Gasteiger partial charge in [0, 0.05) is 11.3 Å². The van der Waals surface area contributed by atoms with Gasteiger partial charge in [-0.15, -0.1) is 12.6 Å². The van der Waals surface area contributed by atoms with Crippen LogP contribution in [0.3, 0.4) is 0 Å². The number of carbonyl (C=O) groups excluding carboxylic acids is 1. The van der Waals surface area contributed by atoms with Gasteiger partial charge in [-0.1, -0.05) is 24.3 Å². The molecule has 1 aromatic carbocycles. The number of carbonyl (C=O) groups is 1. The van der Waals surface area contributed by atoms with E-state index in [2.05, 4.69) is 12.6 Å². The highest BCUT2D eigenvalue weighted by molar-refractivity contribution is 7.80. The Labute approximate surface area is 82.9 Å². The normalized spacial score (nSPS) is 10.5. The van der Waals surface area contributed by atoms with Gasteiger partial charge in [0.2, 0.25) is 5.91 Å². The smallest absolute Gasteiger partial charge is 0.221 e. The molecule has 0 fully saturated rings. The molecule has 0 saturated heterocycles. The molecule has 13 heavy (non-hydrogen) atoms. The van der Waals surface area contributed by atoms with Gasteiger partial charge in [-0.25, -0.2) is 0 Å². The van der Waals surface area contributed by atoms with Crippen molar-refractivity contribution in [2.45, 2.75) is 11.3 Å². The number of nitrogens with two attached hydrogens (primary N) is 1. The largest absolute Gasteiger partial charge is 0.369 e. The average molecular weight is 193 g/mol. The topological polar surface area (TPSA) is 43.1 Å². The number of hydrogen-bond donors (Lipinski definition) is 2. The number of thiol groups is 1. The molecule has 0 aliphatic carbocycles. The Kier molecular flexibility index (Phi) is 3.58. The van der Waals surface area contributed by atoms with Gasteiger partial charge in [-0.05, 0) is 17.7 Å². The third kappa shape index (κ3) is 3.80. The number of rotatable bonds is 3. The van der Waals surface area contributed by atoms with Crippen LogP contribution in [-0.4, -0.2) is 5.91 Å². The van der Waals surface area contributed by atoms with E-state index in [0.717, 1.165) is 10.5 Å². The van der Waals surface area contributed by atoms with E-state index in [0.29, 0.717) is 0 Å². The van der Waals surface area contributed by atoms with Gasteiger partial charge < -0.3 is 5.73 Å². The van der Waals surface area contributed by atoms with Gasteiger partial charge in [-0.3, -0.25) is 4.79 Å². The highest BCUT2D eigenvalue weighted by atomic mass is 32.1. The lowest BCUT2D eigenvalue weighted by Crippen LogP contribution is -2.07. The molecule has 68 valence electrons. The summed E-state index contributed by atoms with van der Waals surface area (Å²) in [6.07, 6.45) is 3.87. The Morgan fingerprint density at radius 1 is 1.54 bits per heavy atom. The summed E-state index contributed by atoms with van der Waals surface area (Å²) in [5.41, 5.74) is 6.00. The van der Waals surface area contributed by atoms with Crippen molar-refractivity contribution in [2.75, 3.05) is 0 Å². The monoisotopic (exact) mass is 193 g/mol. The fourth-order valence-electron chi connectivity index (χ4n) is 0.940. The lowest BCUT2D eigenvalue weighted by molar-refractivity contribution is -0.117. The fourth-order valence-corrected chi connectivity index (χ4v) is 1.17. The Morgan fingerprint density at radius 2 is 2.31 bits per heavy atom. The minimum absolute atomic E-state index is 0.275. The van der Waals surface area contributed by atoms with Gasteiger partial charge in [0.25, 0.3) is 0 Å². The SMILES string of the molecule is NC(=O)CC=Cc1cccc(S)c1. The maximum absolute atomic E-state index is 10.4. The average Bonchev–Trinajstić information content (AvgIpc) is 2.03. The highest BCUT2D eigenvalue weighted by Gasteiger charge is 1.89. The second kappa shape index (κ2) is 4.72. The van der Waals surface area contributed by atoms with Crippen LogP contribution in [0.1, 0.15) is 12.0 Å². The van der Waals surface area contributed by atoms with E-state index in [1.807, 2.05) is 30.3 Å². The van der Waals surface area contributed by atoms with Crippen LogP contribution in [0.2, 0.25) is 0 Å². The summed E-state index contributed by atoms with van der Waals surface area (Å²) in [5.74, 6) is -0.321. The lowest BCUT2D eigenvalue weighted by atomic mass is 10.2. The third-order valence-corrected chi connectivity index (χ3v) is 1.78. The van der Waals surface area contributed by atoms with Crippen LogP contribution in [0.5, 0.6) is 0 Å². The molecule has 0 atom stereocenters. The molecule has 0 aromatic heterocycles. The van der Waals surface area contributed by atoms with Gasteiger partial charge in [0.05, 0.1) is 0 Å². The fraction of sp³-hybridized carbons (Fsp3) is 0.100. The van der Waals surface area contributed by atoms with E-state index in [9.17, 15) is 4.79 Å². The summed E-state index contributed by atoms with van der Waals surface area (Å²) in [5, 5.41) is 0. The van der Waals surface area contributed by atoms with Crippen molar-refractivity contribution in [3.8, 4) is 0 Å². The highest BCUT2D eigenvalue weighted by Crippen LogP contribution is 2.10. The molecule has 0 aliphatic heterocycles. The molecule has 0 spiro atoms. The molecule has 1 amide bonds. The van der Waals surface area contributed by atoms with E-state index < -0.39 is 0 Å². The predicted molar refractivity (Wildman–Crippen MR) is 56.5 cm³/mol. The van der Waals surface area contributed by atoms with Crippen LogP contribution in [0.25, 0.3) is 6.08 Å². The van der Waals surface area contributed by atoms with Gasteiger partial charge in [0.1, 0.15) is 0 Å². The van der Waals surface area contributed by atoms with Gasteiger partial charge in [-0.2, -0.15) is 0 Å². The van der Waals surface area contributed by atoms with Crippen molar-refractivity contribution in [3.05, 3.63) is 35.9 Å². The maximum atomic E-state index is 10.4. The standard InChI is InChI=1S/C10H11NOS/c11-10(12)6-2-4-8-3-1-5-9(13)7-8/h1-5,7,13H,6H2,(H2,11,12). The molecule has 1 aromatic rings. The summed E-state index contributed by atoms with van der Waals surface area (Å²) in [4.78, 5) is 11.3. The number of hydrogen-bond acceptors (Lipinski definition) is 2. The van der Waals surface area contributed by atoms with Crippen molar-refractivity contribution in [1.29, 1.82) is 0 Å². The molecule has 0 radical (unpaired) electrons. The van der Waals surface area contributed by atoms with Crippen LogP contribution in [0.15, 0.2) is 35.2 Å². The Hall–Kier alpha value is -1.22. The number of benzene rings is 1. The van der Waals surface area contributed by atoms with Crippen LogP contribution in [-0.2, 0) is 4.79 Å². The van der Waals surface area contributed by atoms with Gasteiger partial charge in [0.15, 0.2) is 0 Å². The lowest BCUT2D eigenvalue weighted by Gasteiger charge is -1.93. The van der Waals surface area contributed by atoms with Crippen molar-refractivity contribution < 1.29 is 4.79 Å². The van der Waals surface area contributed by atoms with Crippen molar-refractivity contribution >= 4 is 24.6 Å². The zero-order valence-corrected chi connectivity index (χ0v) is 8.00. The molecular formula is C10H11NOS. The summed E-state index contributed by atoms with van der Waals surface area (Å²) in [6, 6.07) is 7.67. The molecule has 2 N–H and O–H groups in total. The predicted octanol–water partition coefficient (Wildman–Crippen LogP) is 1.86. The summed E-state index contributed by atoms with van der Waals surface area (Å²) < 4.78 is 0. The maximum Gasteiger partial charge on any atom is 0.221 e. The summed E-state index contributed by atoms with van der Waals surface area (Å²) in [7, 11) is 0. The Bertz CT molecular complexity index is 333. The number of primary amides is 1. The van der Waals surface area contributed by atoms with Gasteiger partial charge >= 0.3 is 0 Å². The minimum Gasteiger partial charge on any atom is -0.369 e. The third-order valence-electron chi connectivity index (χ3n) is 1.50. The van der Waals surface area contributed by atoms with Crippen LogP contribution < -0.4 is 5.73 Å². The molecular weight excluding hydrogens is 182 g/mol. The Balaban J connectivity index is 2.63. The molecule has 1 rings (SSSR count). The van der Waals surface area contributed by atoms with Crippen molar-refractivity contribution in [3.63, 3.8) is 0 Å². The van der Waals surface area contributed by atoms with Crippen molar-refractivity contribution in [2.24, 2.45) is 5.73 Å². The van der Waals surface area contributed by atoms with E-state index in [1.165, 1.54) is 0 Å². The molecule has 3 heteroatoms. The van der Waals surface area contributed by atoms with Crippen LogP contribution in [0, 0.1) is 0 Å². The zero-order chi connectivity index (χ0) is 9.68. The first-order valence-corrected chi connectivity index (χ1v) is 4.37. The van der Waals surface area contributed by atoms with E-state index in [4.69, 9.17) is 5.73 Å². The summed E-state index contributed by atoms with van der Waals surface area (Å²) in [6.45, 7) is 0. The molecule has 0 heterocycles. The van der Waals surface area contributed by atoms with Crippen LogP contribution in [0.4, 0.5) is 0 Å². The quantitative estimate of drug-likeness (QED) is 0.707. The second-order valence-corrected chi connectivity index (χ2v) is 3.18. The number of amides is 1. The molecule has 0 aliphatic rings. The van der Waals surface area contributed by atoms with Crippen LogP contribution >= 0.6 is 12.6 Å². The van der Waals surface area contributed by atoms with E-state index >= 15 is 0 Å². The zero-order valence-electron chi connectivity index (χ0n) is 7.10. The summed E-state index contributed by atoms with van der Waals surface area (Å²) >= 11 is 4.19.